The lowest BCUT2D eigenvalue weighted by molar-refractivity contribution is 0.255. The largest absolute Gasteiger partial charge is 0.491 e. The average Bonchev–Trinajstić information content (AvgIpc) is 3.02. The van der Waals surface area contributed by atoms with E-state index < -0.39 is 0 Å². The number of rotatable bonds is 3. The van der Waals surface area contributed by atoms with Crippen LogP contribution in [-0.4, -0.2) is 19.8 Å². The highest BCUT2D eigenvalue weighted by atomic mass is 16.5. The maximum absolute atomic E-state index is 9.19. The molecule has 2 heterocycles. The first-order chi connectivity index (χ1) is 8.81. The van der Waals surface area contributed by atoms with E-state index in [1.165, 1.54) is 12.8 Å². The van der Waals surface area contributed by atoms with Crippen LogP contribution in [0, 0.1) is 5.92 Å². The van der Waals surface area contributed by atoms with Gasteiger partial charge in [-0.1, -0.05) is 0 Å². The summed E-state index contributed by atoms with van der Waals surface area (Å²) in [5.74, 6) is 1.95. The Morgan fingerprint density at radius 2 is 2.17 bits per heavy atom. The Morgan fingerprint density at radius 3 is 2.78 bits per heavy atom. The van der Waals surface area contributed by atoms with E-state index in [9.17, 15) is 5.11 Å². The van der Waals surface area contributed by atoms with Gasteiger partial charge in [-0.3, -0.25) is 0 Å². The van der Waals surface area contributed by atoms with Crippen LogP contribution in [0.25, 0.3) is 0 Å². The Bertz CT molecular complexity index is 484. The zero-order chi connectivity index (χ0) is 12.4. The van der Waals surface area contributed by atoms with Crippen molar-refractivity contribution in [2.45, 2.75) is 38.1 Å². The Morgan fingerprint density at radius 1 is 1.33 bits per heavy atom. The molecular weight excluding hydrogens is 230 g/mol. The molecule has 5 nitrogen and oxygen atoms in total. The molecule has 1 fully saturated rings. The molecule has 0 radical (unpaired) electrons. The summed E-state index contributed by atoms with van der Waals surface area (Å²) in [7, 11) is 0. The summed E-state index contributed by atoms with van der Waals surface area (Å²) in [4.78, 5) is 4.06. The van der Waals surface area contributed by atoms with Crippen LogP contribution >= 0.6 is 0 Å². The Labute approximate surface area is 105 Å². The van der Waals surface area contributed by atoms with Gasteiger partial charge in [-0.25, -0.2) is 4.98 Å². The molecule has 0 aromatic carbocycles. The number of aromatic nitrogens is 3. The van der Waals surface area contributed by atoms with Crippen molar-refractivity contribution in [2.24, 2.45) is 5.92 Å². The number of hydrogen-bond acceptors (Lipinski definition) is 4. The number of hydrogen-bond donors (Lipinski definition) is 1. The van der Waals surface area contributed by atoms with Gasteiger partial charge < -0.3 is 14.2 Å². The highest BCUT2D eigenvalue weighted by Gasteiger charge is 2.25. The third-order valence-electron chi connectivity index (χ3n) is 3.79. The lowest BCUT2D eigenvalue weighted by Crippen LogP contribution is -2.17. The zero-order valence-electron chi connectivity index (χ0n) is 10.2. The number of aromatic hydroxyl groups is 1. The Kier molecular flexibility index (Phi) is 3.04. The van der Waals surface area contributed by atoms with E-state index in [1.807, 2.05) is 18.7 Å². The van der Waals surface area contributed by atoms with E-state index in [4.69, 9.17) is 4.52 Å². The van der Waals surface area contributed by atoms with Crippen molar-refractivity contribution >= 4 is 0 Å². The lowest BCUT2D eigenvalue weighted by Gasteiger charge is -2.27. The fourth-order valence-electron chi connectivity index (χ4n) is 2.79. The van der Waals surface area contributed by atoms with Crippen molar-refractivity contribution in [1.29, 1.82) is 0 Å². The van der Waals surface area contributed by atoms with Gasteiger partial charge in [-0.2, -0.15) is 0 Å². The van der Waals surface area contributed by atoms with Crippen LogP contribution in [0.3, 0.4) is 0 Å². The molecule has 5 heteroatoms. The minimum atomic E-state index is -0.00876. The van der Waals surface area contributed by atoms with Crippen molar-refractivity contribution in [1.82, 2.24) is 14.7 Å². The molecule has 1 N–H and O–H groups in total. The summed E-state index contributed by atoms with van der Waals surface area (Å²) in [6.45, 7) is 1.05. The average molecular weight is 247 g/mol. The van der Waals surface area contributed by atoms with Gasteiger partial charge in [0, 0.05) is 30.9 Å². The standard InChI is InChI=1S/C13H17N3O2/c17-13-7-12(18-15-13)11-3-1-10(2-4-11)8-16-6-5-14-9-16/h5-7,9-11H,1-4,8H2,(H,15,17). The maximum Gasteiger partial charge on any atom is 0.251 e. The van der Waals surface area contributed by atoms with Crippen molar-refractivity contribution < 1.29 is 9.63 Å². The molecule has 18 heavy (non-hydrogen) atoms. The van der Waals surface area contributed by atoms with E-state index in [0.717, 1.165) is 25.1 Å². The molecule has 0 unspecified atom stereocenters. The van der Waals surface area contributed by atoms with Crippen LogP contribution in [0.15, 0.2) is 29.3 Å². The molecule has 2 aromatic rings. The first-order valence-electron chi connectivity index (χ1n) is 6.42. The van der Waals surface area contributed by atoms with Crippen LogP contribution in [0.5, 0.6) is 5.88 Å². The van der Waals surface area contributed by atoms with Gasteiger partial charge >= 0.3 is 0 Å². The normalized spacial score (nSPS) is 24.2. The second-order valence-corrected chi connectivity index (χ2v) is 5.06. The summed E-state index contributed by atoms with van der Waals surface area (Å²) in [6.07, 6.45) is 10.3. The molecule has 0 saturated heterocycles. The molecule has 0 bridgehead atoms. The molecule has 1 aliphatic carbocycles. The van der Waals surface area contributed by atoms with E-state index in [1.54, 1.807) is 6.07 Å². The van der Waals surface area contributed by atoms with Crippen molar-refractivity contribution in [3.63, 3.8) is 0 Å². The van der Waals surface area contributed by atoms with Crippen molar-refractivity contribution in [3.05, 3.63) is 30.5 Å². The molecule has 0 atom stereocenters. The summed E-state index contributed by atoms with van der Waals surface area (Å²) >= 11 is 0. The Hall–Kier alpha value is -1.78. The maximum atomic E-state index is 9.19. The van der Waals surface area contributed by atoms with Crippen LogP contribution in [0.2, 0.25) is 0 Å². The van der Waals surface area contributed by atoms with Crippen LogP contribution in [0.4, 0.5) is 0 Å². The molecule has 2 aromatic heterocycles. The molecular formula is C13H17N3O2. The molecule has 0 spiro atoms. The van der Waals surface area contributed by atoms with Gasteiger partial charge in [-0.15, -0.1) is 0 Å². The Balaban J connectivity index is 1.55. The third kappa shape index (κ3) is 2.39. The number of imidazole rings is 1. The number of nitrogens with zero attached hydrogens (tertiary/aromatic N) is 3. The van der Waals surface area contributed by atoms with Gasteiger partial charge in [0.05, 0.1) is 6.33 Å². The quantitative estimate of drug-likeness (QED) is 0.905. The van der Waals surface area contributed by atoms with E-state index in [0.29, 0.717) is 11.8 Å². The van der Waals surface area contributed by atoms with Crippen LogP contribution in [0.1, 0.15) is 37.4 Å². The van der Waals surface area contributed by atoms with E-state index in [-0.39, 0.29) is 5.88 Å². The summed E-state index contributed by atoms with van der Waals surface area (Å²) < 4.78 is 7.27. The predicted octanol–water partition coefficient (Wildman–Crippen LogP) is 2.55. The zero-order valence-corrected chi connectivity index (χ0v) is 10.2. The second kappa shape index (κ2) is 4.84. The van der Waals surface area contributed by atoms with Gasteiger partial charge in [0.15, 0.2) is 0 Å². The first-order valence-corrected chi connectivity index (χ1v) is 6.42. The summed E-state index contributed by atoms with van der Waals surface area (Å²) in [5, 5.41) is 12.7. The highest BCUT2D eigenvalue weighted by molar-refractivity contribution is 5.13. The van der Waals surface area contributed by atoms with E-state index in [2.05, 4.69) is 14.7 Å². The van der Waals surface area contributed by atoms with Crippen molar-refractivity contribution in [2.75, 3.05) is 0 Å². The van der Waals surface area contributed by atoms with E-state index >= 15 is 0 Å². The van der Waals surface area contributed by atoms with Gasteiger partial charge in [-0.05, 0) is 36.8 Å². The molecule has 0 aliphatic heterocycles. The minimum Gasteiger partial charge on any atom is -0.491 e. The second-order valence-electron chi connectivity index (χ2n) is 5.06. The van der Waals surface area contributed by atoms with Crippen LogP contribution < -0.4 is 0 Å². The molecule has 3 rings (SSSR count). The lowest BCUT2D eigenvalue weighted by atomic mass is 9.81. The summed E-state index contributed by atoms with van der Waals surface area (Å²) in [5.41, 5.74) is 0. The van der Waals surface area contributed by atoms with Gasteiger partial charge in [0.2, 0.25) is 0 Å². The third-order valence-corrected chi connectivity index (χ3v) is 3.79. The summed E-state index contributed by atoms with van der Waals surface area (Å²) in [6, 6.07) is 1.64. The fourth-order valence-corrected chi connectivity index (χ4v) is 2.79. The highest BCUT2D eigenvalue weighted by Crippen LogP contribution is 2.37. The fraction of sp³-hybridized carbons (Fsp3) is 0.538. The molecule has 1 aliphatic rings. The van der Waals surface area contributed by atoms with Crippen molar-refractivity contribution in [3.8, 4) is 5.88 Å². The topological polar surface area (TPSA) is 64.1 Å². The smallest absolute Gasteiger partial charge is 0.251 e. The SMILES string of the molecule is Oc1cc(C2CCC(Cn3ccnc3)CC2)on1. The molecule has 1 saturated carbocycles. The molecule has 96 valence electrons. The van der Waals surface area contributed by atoms with Gasteiger partial charge in [0.25, 0.3) is 5.88 Å². The van der Waals surface area contributed by atoms with Gasteiger partial charge in [0.1, 0.15) is 5.76 Å². The molecule has 0 amide bonds. The van der Waals surface area contributed by atoms with Crippen LogP contribution in [-0.2, 0) is 6.54 Å². The monoisotopic (exact) mass is 247 g/mol. The predicted molar refractivity (Wildman–Crippen MR) is 65.1 cm³/mol. The minimum absolute atomic E-state index is 0.00876. The first kappa shape index (κ1) is 11.3.